The van der Waals surface area contributed by atoms with Gasteiger partial charge in [-0.3, -0.25) is 9.59 Å². The Morgan fingerprint density at radius 2 is 1.59 bits per heavy atom. The first-order valence-electron chi connectivity index (χ1n) is 11.6. The summed E-state index contributed by atoms with van der Waals surface area (Å²) in [6.45, 7) is 4.90. The van der Waals surface area contributed by atoms with Gasteiger partial charge >= 0.3 is 0 Å². The van der Waals surface area contributed by atoms with Gasteiger partial charge in [-0.05, 0) is 60.0 Å². The van der Waals surface area contributed by atoms with E-state index in [9.17, 15) is 18.4 Å². The summed E-state index contributed by atoms with van der Waals surface area (Å²) in [5, 5.41) is 2.65. The molecular weight excluding hydrogens is 480 g/mol. The Hall–Kier alpha value is -3.98. The maximum Gasteiger partial charge on any atom is 0.255 e. The molecule has 2 amide bonds. The molecule has 0 aliphatic rings. The molecule has 0 aromatic heterocycles. The number of nitrogens with one attached hydrogen (secondary N) is 1. The van der Waals surface area contributed by atoms with Gasteiger partial charge in [-0.2, -0.15) is 0 Å². The van der Waals surface area contributed by atoms with Crippen LogP contribution >= 0.6 is 0 Å². The molecule has 0 heterocycles. The maximum absolute atomic E-state index is 13.6. The van der Waals surface area contributed by atoms with Gasteiger partial charge in [-0.15, -0.1) is 0 Å². The average molecular weight is 512 g/mol. The average Bonchev–Trinajstić information content (AvgIpc) is 2.87. The Balaban J connectivity index is 1.86. The zero-order valence-corrected chi connectivity index (χ0v) is 21.3. The number of nitrogens with zero attached hydrogens (tertiary/aromatic N) is 1. The van der Waals surface area contributed by atoms with Crippen LogP contribution in [0.15, 0.2) is 60.7 Å². The molecule has 0 aliphatic heterocycles. The van der Waals surface area contributed by atoms with Crippen LogP contribution in [0.2, 0.25) is 0 Å². The highest BCUT2D eigenvalue weighted by atomic mass is 19.1. The summed E-state index contributed by atoms with van der Waals surface area (Å²) >= 11 is 0. The zero-order chi connectivity index (χ0) is 27.2. The zero-order valence-electron chi connectivity index (χ0n) is 21.3. The lowest BCUT2D eigenvalue weighted by Gasteiger charge is -2.32. The number of benzene rings is 3. The predicted molar refractivity (Wildman–Crippen MR) is 138 cm³/mol. The van der Waals surface area contributed by atoms with Gasteiger partial charge in [0.1, 0.15) is 11.6 Å². The molecular formula is C28H31F2N3O4. The normalized spacial score (nSPS) is 11.1. The van der Waals surface area contributed by atoms with E-state index in [0.29, 0.717) is 41.9 Å². The van der Waals surface area contributed by atoms with E-state index in [-0.39, 0.29) is 23.4 Å². The monoisotopic (exact) mass is 511 g/mol. The first kappa shape index (κ1) is 27.6. The molecule has 0 bridgehead atoms. The van der Waals surface area contributed by atoms with Crippen molar-refractivity contribution in [2.24, 2.45) is 11.1 Å². The molecule has 7 nitrogen and oxygen atoms in total. The van der Waals surface area contributed by atoms with Gasteiger partial charge in [-0.1, -0.05) is 26.0 Å². The summed E-state index contributed by atoms with van der Waals surface area (Å²) in [7, 11) is 3.02. The van der Waals surface area contributed by atoms with Gasteiger partial charge in [0.15, 0.2) is 11.5 Å². The molecule has 0 saturated heterocycles. The molecule has 0 fully saturated rings. The molecule has 3 aromatic rings. The van der Waals surface area contributed by atoms with Gasteiger partial charge in [0.25, 0.3) is 11.8 Å². The standard InChI is InChI=1S/C28H31F2N3O4/c1-28(2,16-31)17-33(27(35)19-8-9-24(36-3)25(13-19)37-4)15-18-6-5-7-23(10-18)32-26(34)20-11-21(29)14-22(30)12-20/h5-14H,15-17,31H2,1-4H3,(H,32,34). The first-order valence-corrected chi connectivity index (χ1v) is 11.6. The minimum Gasteiger partial charge on any atom is -0.493 e. The highest BCUT2D eigenvalue weighted by Crippen LogP contribution is 2.29. The molecule has 0 radical (unpaired) electrons. The highest BCUT2D eigenvalue weighted by molar-refractivity contribution is 6.04. The van der Waals surface area contributed by atoms with Crippen LogP contribution in [0, 0.1) is 17.0 Å². The second kappa shape index (κ2) is 11.8. The van der Waals surface area contributed by atoms with Crippen molar-refractivity contribution < 1.29 is 27.8 Å². The Labute approximate surface area is 215 Å². The smallest absolute Gasteiger partial charge is 0.255 e. The van der Waals surface area contributed by atoms with Gasteiger partial charge in [0.05, 0.1) is 14.2 Å². The van der Waals surface area contributed by atoms with Crippen molar-refractivity contribution in [1.29, 1.82) is 0 Å². The fourth-order valence-corrected chi connectivity index (χ4v) is 3.79. The molecule has 3 N–H and O–H groups in total. The van der Waals surface area contributed by atoms with E-state index in [4.69, 9.17) is 15.2 Å². The van der Waals surface area contributed by atoms with Gasteiger partial charge in [0.2, 0.25) is 0 Å². The number of ether oxygens (including phenoxy) is 2. The third-order valence-corrected chi connectivity index (χ3v) is 5.77. The Bertz CT molecular complexity index is 1260. The number of rotatable bonds is 10. The lowest BCUT2D eigenvalue weighted by Crippen LogP contribution is -2.41. The highest BCUT2D eigenvalue weighted by Gasteiger charge is 2.26. The van der Waals surface area contributed by atoms with E-state index in [1.807, 2.05) is 19.9 Å². The third-order valence-electron chi connectivity index (χ3n) is 5.77. The molecule has 0 saturated carbocycles. The quantitative estimate of drug-likeness (QED) is 0.405. The van der Waals surface area contributed by atoms with E-state index in [1.54, 1.807) is 41.3 Å². The number of carbonyl (C=O) groups excluding carboxylic acids is 2. The van der Waals surface area contributed by atoms with Crippen molar-refractivity contribution in [3.05, 3.63) is 89.0 Å². The molecule has 0 aliphatic carbocycles. The number of hydrogen-bond acceptors (Lipinski definition) is 5. The Kier molecular flexibility index (Phi) is 8.83. The minimum absolute atomic E-state index is 0.141. The van der Waals surface area contributed by atoms with Crippen LogP contribution < -0.4 is 20.5 Å². The molecule has 196 valence electrons. The summed E-state index contributed by atoms with van der Waals surface area (Å²) in [5.74, 6) is -1.62. The van der Waals surface area contributed by atoms with Gasteiger partial charge in [-0.25, -0.2) is 8.78 Å². The summed E-state index contributed by atoms with van der Waals surface area (Å²) < 4.78 is 37.7. The molecule has 37 heavy (non-hydrogen) atoms. The van der Waals surface area contributed by atoms with Crippen molar-refractivity contribution in [3.63, 3.8) is 0 Å². The summed E-state index contributed by atoms with van der Waals surface area (Å²) in [4.78, 5) is 27.8. The summed E-state index contributed by atoms with van der Waals surface area (Å²) in [5.41, 5.74) is 7.03. The number of halogens is 2. The van der Waals surface area contributed by atoms with Crippen LogP contribution in [0.4, 0.5) is 14.5 Å². The molecule has 3 aromatic carbocycles. The van der Waals surface area contributed by atoms with E-state index in [2.05, 4.69) is 5.32 Å². The van der Waals surface area contributed by atoms with Crippen molar-refractivity contribution in [2.75, 3.05) is 32.6 Å². The van der Waals surface area contributed by atoms with Gasteiger partial charge < -0.3 is 25.4 Å². The lowest BCUT2D eigenvalue weighted by atomic mass is 9.92. The first-order chi connectivity index (χ1) is 17.5. The van der Waals surface area contributed by atoms with E-state index in [0.717, 1.165) is 17.7 Å². The summed E-state index contributed by atoms with van der Waals surface area (Å²) in [6.07, 6.45) is 0. The molecule has 0 spiro atoms. The van der Waals surface area contributed by atoms with Crippen LogP contribution in [0.3, 0.4) is 0 Å². The number of amides is 2. The number of nitrogens with two attached hydrogens (primary N) is 1. The molecule has 0 unspecified atom stereocenters. The predicted octanol–water partition coefficient (Wildman–Crippen LogP) is 4.86. The van der Waals surface area contributed by atoms with Gasteiger partial charge in [0, 0.05) is 36.0 Å². The second-order valence-corrected chi connectivity index (χ2v) is 9.41. The van der Waals surface area contributed by atoms with Crippen LogP contribution in [-0.4, -0.2) is 44.0 Å². The maximum atomic E-state index is 13.6. The van der Waals surface area contributed by atoms with E-state index >= 15 is 0 Å². The van der Waals surface area contributed by atoms with Crippen LogP contribution in [0.5, 0.6) is 11.5 Å². The SMILES string of the molecule is COc1ccc(C(=O)N(Cc2cccc(NC(=O)c3cc(F)cc(F)c3)c2)CC(C)(C)CN)cc1OC. The molecule has 9 heteroatoms. The van der Waals surface area contributed by atoms with Crippen molar-refractivity contribution in [2.45, 2.75) is 20.4 Å². The van der Waals surface area contributed by atoms with E-state index in [1.165, 1.54) is 14.2 Å². The van der Waals surface area contributed by atoms with Crippen LogP contribution in [0.1, 0.15) is 40.1 Å². The van der Waals surface area contributed by atoms with Crippen LogP contribution in [-0.2, 0) is 6.54 Å². The number of hydrogen-bond donors (Lipinski definition) is 2. The Morgan fingerprint density at radius 1 is 0.919 bits per heavy atom. The number of methoxy groups -OCH3 is 2. The topological polar surface area (TPSA) is 93.9 Å². The van der Waals surface area contributed by atoms with Crippen molar-refractivity contribution >= 4 is 17.5 Å². The van der Waals surface area contributed by atoms with Crippen molar-refractivity contribution in [3.8, 4) is 11.5 Å². The molecule has 0 atom stereocenters. The summed E-state index contributed by atoms with van der Waals surface area (Å²) in [6, 6.07) is 14.5. The fourth-order valence-electron chi connectivity index (χ4n) is 3.79. The largest absolute Gasteiger partial charge is 0.493 e. The lowest BCUT2D eigenvalue weighted by molar-refractivity contribution is 0.0672. The number of anilines is 1. The van der Waals surface area contributed by atoms with Crippen molar-refractivity contribution in [1.82, 2.24) is 4.90 Å². The number of carbonyl (C=O) groups is 2. The third kappa shape index (κ3) is 7.27. The Morgan fingerprint density at radius 3 is 2.22 bits per heavy atom. The molecule has 3 rings (SSSR count). The second-order valence-electron chi connectivity index (χ2n) is 9.41. The minimum atomic E-state index is -0.842. The van der Waals surface area contributed by atoms with E-state index < -0.39 is 17.5 Å². The van der Waals surface area contributed by atoms with Crippen LogP contribution in [0.25, 0.3) is 0 Å². The fraction of sp³-hybridized carbons (Fsp3) is 0.286.